The first kappa shape index (κ1) is 10.7. The number of hydrogen-bond acceptors (Lipinski definition) is 0. The SMILES string of the molecule is CCCc1ccc(C2C[CH]CCC2)cc1. The van der Waals surface area contributed by atoms with Crippen LogP contribution < -0.4 is 0 Å². The van der Waals surface area contributed by atoms with Crippen LogP contribution in [0.25, 0.3) is 0 Å². The Bertz CT molecular complexity index is 277. The lowest BCUT2D eigenvalue weighted by Crippen LogP contribution is -2.04. The van der Waals surface area contributed by atoms with Crippen LogP contribution in [0, 0.1) is 6.42 Å². The van der Waals surface area contributed by atoms with E-state index in [-0.39, 0.29) is 0 Å². The first-order valence-electron chi connectivity index (χ1n) is 6.30. The monoisotopic (exact) mass is 201 g/mol. The molecule has 1 fully saturated rings. The topological polar surface area (TPSA) is 0 Å². The van der Waals surface area contributed by atoms with Crippen LogP contribution in [0.3, 0.4) is 0 Å². The molecule has 0 N–H and O–H groups in total. The summed E-state index contributed by atoms with van der Waals surface area (Å²) < 4.78 is 0. The van der Waals surface area contributed by atoms with Crippen LogP contribution in [0.2, 0.25) is 0 Å². The van der Waals surface area contributed by atoms with E-state index in [0.717, 1.165) is 5.92 Å². The van der Waals surface area contributed by atoms with E-state index in [1.165, 1.54) is 44.1 Å². The molecule has 0 aromatic heterocycles. The molecule has 1 aromatic rings. The third-order valence-electron chi connectivity index (χ3n) is 3.40. The Kier molecular flexibility index (Phi) is 3.82. The van der Waals surface area contributed by atoms with E-state index in [0.29, 0.717) is 0 Å². The van der Waals surface area contributed by atoms with Gasteiger partial charge in [0.2, 0.25) is 0 Å². The first-order valence-corrected chi connectivity index (χ1v) is 6.30. The molecule has 1 radical (unpaired) electrons. The van der Waals surface area contributed by atoms with Gasteiger partial charge < -0.3 is 0 Å². The molecule has 1 aliphatic rings. The molecule has 1 aromatic carbocycles. The Morgan fingerprint density at radius 1 is 1.20 bits per heavy atom. The Hall–Kier alpha value is -0.780. The molecule has 1 saturated carbocycles. The normalized spacial score (nSPS) is 17.9. The molecule has 2 rings (SSSR count). The lowest BCUT2D eigenvalue weighted by atomic mass is 9.84. The third kappa shape index (κ3) is 2.84. The van der Waals surface area contributed by atoms with Crippen molar-refractivity contribution in [3.8, 4) is 0 Å². The highest BCUT2D eigenvalue weighted by atomic mass is 14.2. The highest BCUT2D eigenvalue weighted by Gasteiger charge is 2.14. The maximum absolute atomic E-state index is 2.45. The minimum atomic E-state index is 0.800. The zero-order valence-corrected chi connectivity index (χ0v) is 9.71. The molecule has 0 aliphatic heterocycles. The van der Waals surface area contributed by atoms with Gasteiger partial charge in [0.25, 0.3) is 0 Å². The zero-order chi connectivity index (χ0) is 10.5. The smallest absolute Gasteiger partial charge is 0.0159 e. The van der Waals surface area contributed by atoms with Crippen molar-refractivity contribution in [2.24, 2.45) is 0 Å². The molecule has 0 heterocycles. The fraction of sp³-hybridized carbons (Fsp3) is 0.533. The molecule has 0 spiro atoms. The van der Waals surface area contributed by atoms with Crippen LogP contribution in [0.15, 0.2) is 24.3 Å². The van der Waals surface area contributed by atoms with E-state index in [2.05, 4.69) is 37.6 Å². The summed E-state index contributed by atoms with van der Waals surface area (Å²) in [5.41, 5.74) is 3.03. The summed E-state index contributed by atoms with van der Waals surface area (Å²) in [5, 5.41) is 0. The van der Waals surface area contributed by atoms with Crippen molar-refractivity contribution in [2.45, 2.75) is 51.4 Å². The second-order valence-electron chi connectivity index (χ2n) is 4.64. The fourth-order valence-corrected chi connectivity index (χ4v) is 2.49. The highest BCUT2D eigenvalue weighted by Crippen LogP contribution is 2.32. The molecule has 0 saturated heterocycles. The van der Waals surface area contributed by atoms with Crippen molar-refractivity contribution in [1.29, 1.82) is 0 Å². The maximum Gasteiger partial charge on any atom is -0.0159 e. The molecule has 0 heteroatoms. The average molecular weight is 201 g/mol. The largest absolute Gasteiger partial charge is 0.0651 e. The third-order valence-corrected chi connectivity index (χ3v) is 3.40. The number of rotatable bonds is 3. The van der Waals surface area contributed by atoms with E-state index in [1.807, 2.05) is 0 Å². The van der Waals surface area contributed by atoms with Crippen molar-refractivity contribution in [3.63, 3.8) is 0 Å². The summed E-state index contributed by atoms with van der Waals surface area (Å²) in [6, 6.07) is 9.31. The highest BCUT2D eigenvalue weighted by molar-refractivity contribution is 5.26. The molecule has 81 valence electrons. The molecule has 0 bridgehead atoms. The van der Waals surface area contributed by atoms with Gasteiger partial charge in [0.15, 0.2) is 0 Å². The fourth-order valence-electron chi connectivity index (χ4n) is 2.49. The molecule has 15 heavy (non-hydrogen) atoms. The van der Waals surface area contributed by atoms with E-state index in [4.69, 9.17) is 0 Å². The Morgan fingerprint density at radius 3 is 2.60 bits per heavy atom. The molecule has 1 aliphatic carbocycles. The van der Waals surface area contributed by atoms with Gasteiger partial charge in [-0.1, -0.05) is 50.5 Å². The minimum absolute atomic E-state index is 0.800. The van der Waals surface area contributed by atoms with Gasteiger partial charge in [-0.3, -0.25) is 0 Å². The number of benzene rings is 1. The van der Waals surface area contributed by atoms with Gasteiger partial charge in [0.1, 0.15) is 0 Å². The second-order valence-corrected chi connectivity index (χ2v) is 4.64. The van der Waals surface area contributed by atoms with Crippen molar-refractivity contribution in [3.05, 3.63) is 41.8 Å². The van der Waals surface area contributed by atoms with Gasteiger partial charge in [-0.05, 0) is 42.7 Å². The maximum atomic E-state index is 2.45. The van der Waals surface area contributed by atoms with Crippen molar-refractivity contribution in [1.82, 2.24) is 0 Å². The quantitative estimate of drug-likeness (QED) is 0.675. The minimum Gasteiger partial charge on any atom is -0.0651 e. The molecule has 1 unspecified atom stereocenters. The Labute approximate surface area is 93.7 Å². The van der Waals surface area contributed by atoms with E-state index in [1.54, 1.807) is 5.56 Å². The summed E-state index contributed by atoms with van der Waals surface area (Å²) in [7, 11) is 0. The number of aryl methyl sites for hydroxylation is 1. The van der Waals surface area contributed by atoms with Gasteiger partial charge in [0.05, 0.1) is 0 Å². The van der Waals surface area contributed by atoms with Crippen LogP contribution in [0.1, 0.15) is 56.1 Å². The molecular weight excluding hydrogens is 180 g/mol. The summed E-state index contributed by atoms with van der Waals surface area (Å²) in [5.74, 6) is 0.800. The molecule has 0 amide bonds. The Balaban J connectivity index is 2.02. The van der Waals surface area contributed by atoms with Crippen molar-refractivity contribution >= 4 is 0 Å². The predicted octanol–water partition coefficient (Wildman–Crippen LogP) is 4.50. The molecular formula is C15H21. The van der Waals surface area contributed by atoms with Gasteiger partial charge in [-0.25, -0.2) is 0 Å². The average Bonchev–Trinajstić information content (AvgIpc) is 2.32. The summed E-state index contributed by atoms with van der Waals surface area (Å²) >= 11 is 0. The molecule has 0 nitrogen and oxygen atoms in total. The van der Waals surface area contributed by atoms with Crippen molar-refractivity contribution < 1.29 is 0 Å². The van der Waals surface area contributed by atoms with Crippen LogP contribution in [0.5, 0.6) is 0 Å². The first-order chi connectivity index (χ1) is 7.40. The van der Waals surface area contributed by atoms with Crippen LogP contribution in [0.4, 0.5) is 0 Å². The van der Waals surface area contributed by atoms with Crippen molar-refractivity contribution in [2.75, 3.05) is 0 Å². The summed E-state index contributed by atoms with van der Waals surface area (Å²) in [4.78, 5) is 0. The van der Waals surface area contributed by atoms with E-state index >= 15 is 0 Å². The van der Waals surface area contributed by atoms with Gasteiger partial charge in [-0.15, -0.1) is 0 Å². The Morgan fingerprint density at radius 2 is 2.00 bits per heavy atom. The second kappa shape index (κ2) is 5.34. The lowest BCUT2D eigenvalue weighted by molar-refractivity contribution is 0.517. The van der Waals surface area contributed by atoms with Gasteiger partial charge >= 0.3 is 0 Å². The van der Waals surface area contributed by atoms with E-state index < -0.39 is 0 Å². The van der Waals surface area contributed by atoms with Gasteiger partial charge in [0, 0.05) is 0 Å². The van der Waals surface area contributed by atoms with Crippen LogP contribution in [-0.4, -0.2) is 0 Å². The van der Waals surface area contributed by atoms with Crippen LogP contribution >= 0.6 is 0 Å². The van der Waals surface area contributed by atoms with Crippen LogP contribution in [-0.2, 0) is 6.42 Å². The summed E-state index contributed by atoms with van der Waals surface area (Å²) in [6.07, 6.45) is 10.3. The van der Waals surface area contributed by atoms with Gasteiger partial charge in [-0.2, -0.15) is 0 Å². The molecule has 1 atom stereocenters. The van der Waals surface area contributed by atoms with E-state index in [9.17, 15) is 0 Å². The standard InChI is InChI=1S/C15H21/c1-2-6-13-9-11-15(12-10-13)14-7-4-3-5-8-14/h4,9-12,14H,2-3,5-8H2,1H3. The lowest BCUT2D eigenvalue weighted by Gasteiger charge is -2.21. The summed E-state index contributed by atoms with van der Waals surface area (Å²) in [6.45, 7) is 2.24. The predicted molar refractivity (Wildman–Crippen MR) is 65.9 cm³/mol. The zero-order valence-electron chi connectivity index (χ0n) is 9.71. The number of hydrogen-bond donors (Lipinski definition) is 0.